The van der Waals surface area contributed by atoms with E-state index in [2.05, 4.69) is 6.07 Å². The molecule has 2 saturated carbocycles. The zero-order valence-electron chi connectivity index (χ0n) is 14.3. The number of rotatable bonds is 6. The first-order valence-corrected chi connectivity index (χ1v) is 8.60. The summed E-state index contributed by atoms with van der Waals surface area (Å²) < 4.78 is 10.9. The molecule has 1 saturated heterocycles. The van der Waals surface area contributed by atoms with Crippen molar-refractivity contribution in [1.29, 1.82) is 5.26 Å². The van der Waals surface area contributed by atoms with Gasteiger partial charge in [0.1, 0.15) is 18.0 Å². The first-order valence-electron chi connectivity index (χ1n) is 8.60. The molecule has 0 aromatic rings. The molecule has 0 radical (unpaired) electrons. The highest BCUT2D eigenvalue weighted by Gasteiger charge is 2.72. The summed E-state index contributed by atoms with van der Waals surface area (Å²) in [6, 6.07) is 2.13. The number of fused-ring (bicyclic) bond motifs is 1. The van der Waals surface area contributed by atoms with Crippen LogP contribution in [0.5, 0.6) is 0 Å². The van der Waals surface area contributed by atoms with E-state index in [9.17, 15) is 19.6 Å². The Balaban J connectivity index is 1.57. The van der Waals surface area contributed by atoms with E-state index in [1.54, 1.807) is 0 Å². The van der Waals surface area contributed by atoms with E-state index >= 15 is 0 Å². The van der Waals surface area contributed by atoms with E-state index in [4.69, 9.17) is 9.47 Å². The van der Waals surface area contributed by atoms with Crippen molar-refractivity contribution in [2.45, 2.75) is 65.1 Å². The smallest absolute Gasteiger partial charge is 0.327 e. The van der Waals surface area contributed by atoms with Crippen molar-refractivity contribution in [3.05, 3.63) is 0 Å². The second-order valence-corrected chi connectivity index (χ2v) is 7.87. The maximum atomic E-state index is 12.1. The normalized spacial score (nSPS) is 36.3. The molecular formula is C18H23NO5. The molecule has 2 bridgehead atoms. The summed E-state index contributed by atoms with van der Waals surface area (Å²) in [7, 11) is 0. The summed E-state index contributed by atoms with van der Waals surface area (Å²) >= 11 is 0. The molecule has 6 heteroatoms. The van der Waals surface area contributed by atoms with Crippen LogP contribution in [0.15, 0.2) is 0 Å². The predicted octanol–water partition coefficient (Wildman–Crippen LogP) is 2.16. The number of esters is 2. The average molecular weight is 333 g/mol. The molecule has 0 aromatic heterocycles. The molecule has 0 aromatic carbocycles. The fourth-order valence-corrected chi connectivity index (χ4v) is 4.25. The molecular weight excluding hydrogens is 310 g/mol. The Bertz CT molecular complexity index is 634. The van der Waals surface area contributed by atoms with Crippen LogP contribution in [0.3, 0.4) is 0 Å². The lowest BCUT2D eigenvalue weighted by Crippen LogP contribution is -2.39. The van der Waals surface area contributed by atoms with Crippen LogP contribution in [0.25, 0.3) is 0 Å². The highest BCUT2D eigenvalue weighted by atomic mass is 16.6. The maximum Gasteiger partial charge on any atom is 0.327 e. The third-order valence-corrected chi connectivity index (χ3v) is 6.23. The first-order chi connectivity index (χ1) is 11.2. The molecule has 5 atom stereocenters. The first kappa shape index (κ1) is 16.9. The molecule has 6 nitrogen and oxygen atoms in total. The highest BCUT2D eigenvalue weighted by molar-refractivity contribution is 5.87. The van der Waals surface area contributed by atoms with Gasteiger partial charge in [-0.3, -0.25) is 14.4 Å². The maximum absolute atomic E-state index is 12.1. The summed E-state index contributed by atoms with van der Waals surface area (Å²) in [5.41, 5.74) is -1.46. The molecule has 0 amide bonds. The van der Waals surface area contributed by atoms with Gasteiger partial charge in [-0.1, -0.05) is 20.8 Å². The van der Waals surface area contributed by atoms with Crippen molar-refractivity contribution in [3.8, 4) is 6.07 Å². The van der Waals surface area contributed by atoms with E-state index in [-0.39, 0.29) is 30.5 Å². The Morgan fingerprint density at radius 2 is 2.12 bits per heavy atom. The average Bonchev–Trinajstić information content (AvgIpc) is 3.14. The molecule has 1 heterocycles. The van der Waals surface area contributed by atoms with Gasteiger partial charge in [-0.15, -0.1) is 0 Å². The lowest BCUT2D eigenvalue weighted by atomic mass is 9.74. The zero-order chi connectivity index (χ0) is 17.7. The molecule has 130 valence electrons. The Morgan fingerprint density at radius 1 is 1.42 bits per heavy atom. The van der Waals surface area contributed by atoms with Crippen LogP contribution in [0, 0.1) is 34.0 Å². The van der Waals surface area contributed by atoms with Crippen molar-refractivity contribution in [1.82, 2.24) is 0 Å². The summed E-state index contributed by atoms with van der Waals surface area (Å²) in [6.45, 7) is 5.69. The quantitative estimate of drug-likeness (QED) is 0.691. The van der Waals surface area contributed by atoms with Crippen LogP contribution in [-0.2, 0) is 23.9 Å². The lowest BCUT2D eigenvalue weighted by molar-refractivity contribution is -0.162. The number of hydrogen-bond acceptors (Lipinski definition) is 6. The van der Waals surface area contributed by atoms with Crippen LogP contribution in [0.2, 0.25) is 0 Å². The standard InChI is InChI=1S/C18H23NO5/c1-4-17(2,3)12(20)5-6-13(21)23-14-10-7-11-15(14)24-16(22)18(11,8-10)9-19/h10-11,14-15H,4-8H2,1-3H3. The zero-order valence-corrected chi connectivity index (χ0v) is 14.3. The van der Waals surface area contributed by atoms with E-state index in [0.29, 0.717) is 12.8 Å². The molecule has 0 N–H and O–H groups in total. The SMILES string of the molecule is CCC(C)(C)C(=O)CCC(=O)OC1C2CC3C1OC(=O)C3(C#N)C2. The van der Waals surface area contributed by atoms with Gasteiger partial charge in [-0.25, -0.2) is 0 Å². The minimum atomic E-state index is -1.03. The number of ether oxygens (including phenoxy) is 2. The van der Waals surface area contributed by atoms with Gasteiger partial charge in [0.2, 0.25) is 0 Å². The molecule has 3 aliphatic rings. The Morgan fingerprint density at radius 3 is 2.75 bits per heavy atom. The van der Waals surface area contributed by atoms with Crippen molar-refractivity contribution < 1.29 is 23.9 Å². The summed E-state index contributed by atoms with van der Waals surface area (Å²) in [5, 5.41) is 9.35. The number of ketones is 1. The van der Waals surface area contributed by atoms with E-state index in [1.807, 2.05) is 20.8 Å². The van der Waals surface area contributed by atoms with Gasteiger partial charge in [0, 0.05) is 23.7 Å². The lowest BCUT2D eigenvalue weighted by Gasteiger charge is -2.28. The van der Waals surface area contributed by atoms with Gasteiger partial charge in [0.05, 0.1) is 12.5 Å². The van der Waals surface area contributed by atoms with Gasteiger partial charge in [-0.05, 0) is 19.3 Å². The molecule has 5 unspecified atom stereocenters. The molecule has 24 heavy (non-hydrogen) atoms. The van der Waals surface area contributed by atoms with Crippen molar-refractivity contribution in [2.24, 2.45) is 22.7 Å². The second-order valence-electron chi connectivity index (χ2n) is 7.87. The fraction of sp³-hybridized carbons (Fsp3) is 0.778. The third kappa shape index (κ3) is 2.33. The van der Waals surface area contributed by atoms with Crippen molar-refractivity contribution >= 4 is 17.7 Å². The minimum Gasteiger partial charge on any atom is -0.458 e. The topological polar surface area (TPSA) is 93.5 Å². The molecule has 3 fully saturated rings. The van der Waals surface area contributed by atoms with Gasteiger partial charge in [0.25, 0.3) is 0 Å². The van der Waals surface area contributed by atoms with Crippen molar-refractivity contribution in [2.75, 3.05) is 0 Å². The summed E-state index contributed by atoms with van der Waals surface area (Å²) in [6.07, 6.45) is 1.05. The number of Topliss-reactive ketones (excluding diaryl/α,β-unsaturated/α-hetero) is 1. The Kier molecular flexibility index (Phi) is 3.94. The molecule has 3 rings (SSSR count). The van der Waals surface area contributed by atoms with Gasteiger partial charge >= 0.3 is 11.9 Å². The predicted molar refractivity (Wildman–Crippen MR) is 82.3 cm³/mol. The number of carbonyl (C=O) groups is 3. The van der Waals surface area contributed by atoms with E-state index in [1.165, 1.54) is 0 Å². The number of nitriles is 1. The number of nitrogens with zero attached hydrogens (tertiary/aromatic N) is 1. The van der Waals surface area contributed by atoms with E-state index in [0.717, 1.165) is 6.42 Å². The molecule has 0 spiro atoms. The summed E-state index contributed by atoms with van der Waals surface area (Å²) in [4.78, 5) is 36.2. The van der Waals surface area contributed by atoms with Gasteiger partial charge in [0.15, 0.2) is 5.41 Å². The third-order valence-electron chi connectivity index (χ3n) is 6.23. The monoisotopic (exact) mass is 333 g/mol. The van der Waals surface area contributed by atoms with Crippen LogP contribution in [-0.4, -0.2) is 29.9 Å². The van der Waals surface area contributed by atoms with Crippen LogP contribution in [0.4, 0.5) is 0 Å². The van der Waals surface area contributed by atoms with E-state index < -0.39 is 35.0 Å². The van der Waals surface area contributed by atoms with Crippen LogP contribution in [0.1, 0.15) is 52.9 Å². The molecule has 2 aliphatic carbocycles. The van der Waals surface area contributed by atoms with Crippen molar-refractivity contribution in [3.63, 3.8) is 0 Å². The Labute approximate surface area is 141 Å². The number of hydrogen-bond donors (Lipinski definition) is 0. The van der Waals surface area contributed by atoms with Crippen LogP contribution < -0.4 is 0 Å². The fourth-order valence-electron chi connectivity index (χ4n) is 4.25. The summed E-state index contributed by atoms with van der Waals surface area (Å²) in [5.74, 6) is -1.03. The highest BCUT2D eigenvalue weighted by Crippen LogP contribution is 2.62. The van der Waals surface area contributed by atoms with Gasteiger partial charge in [-0.2, -0.15) is 5.26 Å². The minimum absolute atomic E-state index is 0.00201. The van der Waals surface area contributed by atoms with Crippen LogP contribution >= 0.6 is 0 Å². The molecule has 1 aliphatic heterocycles. The van der Waals surface area contributed by atoms with Gasteiger partial charge < -0.3 is 9.47 Å². The Hall–Kier alpha value is -1.90. The second kappa shape index (κ2) is 5.58. The largest absolute Gasteiger partial charge is 0.458 e. The number of carbonyl (C=O) groups excluding carboxylic acids is 3.